The maximum absolute atomic E-state index is 12.9. The van der Waals surface area contributed by atoms with Crippen molar-refractivity contribution in [2.45, 2.75) is 217 Å². The van der Waals surface area contributed by atoms with Gasteiger partial charge in [-0.3, -0.25) is 14.4 Å². The number of aliphatic hydroxyl groups excluding tert-OH is 18. The van der Waals surface area contributed by atoms with E-state index < -0.39 is 259 Å². The largest absolute Gasteiger partial charge is 0.477 e. The van der Waals surface area contributed by atoms with Crippen molar-refractivity contribution in [3.05, 3.63) is 0 Å². The summed E-state index contributed by atoms with van der Waals surface area (Å²) in [5.74, 6) is -8.01. The molecule has 0 bridgehead atoms. The number of aliphatic hydroxyl groups is 18. The van der Waals surface area contributed by atoms with Gasteiger partial charge in [-0.2, -0.15) is 0 Å². The molecule has 37 heteroatoms. The fourth-order valence-electron chi connectivity index (χ4n) is 10.2. The Morgan fingerprint density at radius 1 is 0.537 bits per heavy atom. The summed E-state index contributed by atoms with van der Waals surface area (Å²) in [6, 6.07) is -5.35. The summed E-state index contributed by atoms with van der Waals surface area (Å²) in [6.45, 7) is -3.51. The van der Waals surface area contributed by atoms with Crippen LogP contribution in [0.2, 0.25) is 0 Å². The first kappa shape index (κ1) is 67.8. The molecule has 0 spiro atoms. The third kappa shape index (κ3) is 14.7. The number of aliphatic carboxylic acids is 1. The van der Waals surface area contributed by atoms with Crippen LogP contribution in [0, 0.1) is 0 Å². The van der Waals surface area contributed by atoms with Crippen molar-refractivity contribution in [1.82, 2.24) is 16.0 Å². The highest BCUT2D eigenvalue weighted by atomic mass is 16.8. The van der Waals surface area contributed by atoms with Crippen molar-refractivity contribution in [2.24, 2.45) is 0 Å². The minimum absolute atomic E-state index is 0.824. The Balaban J connectivity index is 1.32. The van der Waals surface area contributed by atoms with Gasteiger partial charge in [-0.15, -0.1) is 0 Å². The normalized spacial score (nSPS) is 46.3. The number of hydrogen-bond acceptors (Lipinski definition) is 33. The Bertz CT molecular complexity index is 2090. The fraction of sp³-hybridized carbons (Fsp3) is 0.911. The molecule has 0 saturated carbocycles. The summed E-state index contributed by atoms with van der Waals surface area (Å²) in [6.07, 6.45) is -56.2. The molecular formula is C45H75N3O34. The van der Waals surface area contributed by atoms with Gasteiger partial charge >= 0.3 is 5.97 Å². The van der Waals surface area contributed by atoms with Crippen molar-refractivity contribution >= 4 is 23.7 Å². The van der Waals surface area contributed by atoms with Crippen LogP contribution in [0.1, 0.15) is 27.2 Å². The molecule has 0 aromatic heterocycles. The van der Waals surface area contributed by atoms with E-state index in [0.29, 0.717) is 0 Å². The molecule has 6 heterocycles. The maximum Gasteiger partial charge on any atom is 0.364 e. The van der Waals surface area contributed by atoms with Crippen LogP contribution < -0.4 is 16.0 Å². The lowest BCUT2D eigenvalue weighted by atomic mass is 9.88. The van der Waals surface area contributed by atoms with E-state index in [-0.39, 0.29) is 0 Å². The first-order chi connectivity index (χ1) is 38.6. The predicted molar refractivity (Wildman–Crippen MR) is 251 cm³/mol. The lowest BCUT2D eigenvalue weighted by Crippen LogP contribution is -2.70. The zero-order valence-electron chi connectivity index (χ0n) is 43.9. The van der Waals surface area contributed by atoms with E-state index in [0.717, 1.165) is 13.8 Å². The minimum atomic E-state index is -3.09. The molecule has 0 aliphatic carbocycles. The van der Waals surface area contributed by atoms with Crippen molar-refractivity contribution in [3.63, 3.8) is 0 Å². The van der Waals surface area contributed by atoms with Gasteiger partial charge in [-0.25, -0.2) is 4.79 Å². The molecule has 31 atom stereocenters. The standard InChI is InChI=1S/C45H75N3O34/c1-11-24(59)31(66)32(67)41(73-11)81-38-37(80-40-22(46-12(2)54)30(65)26(61)16(6-50)75-40)28(63)18(8-52)77-43(38)79-36-27(62)17(7-51)76-42(33(36)68)78-34-23(47-13(3)55)39(69)74-19(29(34)64)10-72-45(44(70)71)4-14(56)21(48-20(58)9-53)35(82-45)25(60)15(57)5-49/h11,14-19,21-43,49-53,56-57,59-69H,4-10H2,1-3H3,(H,46,54)(H,47,55)(H,48,58)(H,70,71)/t11-,14-,15+,16+,17+,18+,19+,21+,22+,23+,24+,25+,26-,27-,28-,29-,30+,31+,32-,33+,34+,35+,36-,37-,38+,39-,40+,41-,42-,43-,45+/m0/s1. The molecule has 0 unspecified atom stereocenters. The Labute approximate surface area is 463 Å². The molecule has 3 amide bonds. The molecule has 0 aromatic rings. The van der Waals surface area contributed by atoms with Crippen LogP contribution in [0.25, 0.3) is 0 Å². The second-order valence-corrected chi connectivity index (χ2v) is 20.4. The molecule has 0 aromatic carbocycles. The summed E-state index contributed by atoms with van der Waals surface area (Å²) < 4.78 is 63.8. The summed E-state index contributed by atoms with van der Waals surface area (Å²) in [5, 5.41) is 212. The predicted octanol–water partition coefficient (Wildman–Crippen LogP) is -14.5. The molecular weight excluding hydrogens is 1130 g/mol. The number of ether oxygens (including phenoxy) is 11. The lowest BCUT2D eigenvalue weighted by Gasteiger charge is -2.51. The summed E-state index contributed by atoms with van der Waals surface area (Å²) >= 11 is 0. The van der Waals surface area contributed by atoms with Crippen molar-refractivity contribution in [3.8, 4) is 0 Å². The minimum Gasteiger partial charge on any atom is -0.477 e. The smallest absolute Gasteiger partial charge is 0.364 e. The average Bonchev–Trinajstić information content (AvgIpc) is 3.01. The van der Waals surface area contributed by atoms with Crippen LogP contribution in [-0.4, -0.2) is 350 Å². The van der Waals surface area contributed by atoms with Gasteiger partial charge in [0, 0.05) is 20.3 Å². The molecule has 6 aliphatic rings. The molecule has 6 fully saturated rings. The number of hydrogen-bond donors (Lipinski definition) is 22. The van der Waals surface area contributed by atoms with Crippen molar-refractivity contribution in [2.75, 3.05) is 39.6 Å². The van der Waals surface area contributed by atoms with Crippen molar-refractivity contribution < 1.29 is 168 Å². The van der Waals surface area contributed by atoms with E-state index in [1.165, 1.54) is 6.92 Å². The van der Waals surface area contributed by atoms with E-state index in [1.807, 2.05) is 0 Å². The molecule has 22 N–H and O–H groups in total. The average molecular weight is 1200 g/mol. The first-order valence-corrected chi connectivity index (χ1v) is 25.8. The Morgan fingerprint density at radius 2 is 1.05 bits per heavy atom. The highest BCUT2D eigenvalue weighted by molar-refractivity contribution is 5.78. The number of carbonyl (C=O) groups excluding carboxylic acids is 3. The monoisotopic (exact) mass is 1200 g/mol. The van der Waals surface area contributed by atoms with Gasteiger partial charge in [0.1, 0.15) is 141 Å². The highest BCUT2D eigenvalue weighted by Gasteiger charge is 2.60. The van der Waals surface area contributed by atoms with Crippen LogP contribution in [0.3, 0.4) is 0 Å². The SMILES string of the molecule is CC(=O)N[C@@H]1[C@@H](O[C@@H]2O[C@H](CO)[C@H](O)[C@H](O[C@@H]3O[C@H](CO)[C@H](O)[C@H](O[C@H]4O[C@H](CO)[C@H](O)[C@H](O)[C@H]4NC(C)=O)[C@H]3O[C@@H]3O[C@@H](C)[C@@H](O)[C@@H](O)[C@@H]3O)[C@H]2O)[C@@H](O)[C@@H](CO[C@]2(C(=O)O)C[C@H](O)[C@@H](NC(=O)CO)[C@H]([C@H](O)[C@H](O)CO)O2)O[C@@H]1O. The van der Waals surface area contributed by atoms with E-state index in [1.54, 1.807) is 0 Å². The van der Waals surface area contributed by atoms with Crippen molar-refractivity contribution in [1.29, 1.82) is 0 Å². The third-order valence-electron chi connectivity index (χ3n) is 14.7. The van der Waals surface area contributed by atoms with Crippen LogP contribution in [0.5, 0.6) is 0 Å². The number of amides is 3. The molecule has 0 radical (unpaired) electrons. The van der Waals surface area contributed by atoms with Gasteiger partial charge in [0.05, 0.1) is 51.3 Å². The van der Waals surface area contributed by atoms with Gasteiger partial charge in [0.15, 0.2) is 31.5 Å². The van der Waals surface area contributed by atoms with Gasteiger partial charge in [0.2, 0.25) is 17.7 Å². The van der Waals surface area contributed by atoms with Gasteiger partial charge in [0.25, 0.3) is 5.79 Å². The second kappa shape index (κ2) is 28.9. The Morgan fingerprint density at radius 3 is 1.62 bits per heavy atom. The number of rotatable bonds is 22. The van der Waals surface area contributed by atoms with E-state index in [2.05, 4.69) is 16.0 Å². The topological polar surface area (TPSA) is 590 Å². The van der Waals surface area contributed by atoms with Gasteiger partial charge in [-0.1, -0.05) is 0 Å². The molecule has 474 valence electrons. The van der Waals surface area contributed by atoms with Crippen LogP contribution in [-0.2, 0) is 71.3 Å². The molecule has 37 nitrogen and oxygen atoms in total. The van der Waals surface area contributed by atoms with Gasteiger partial charge in [-0.05, 0) is 6.92 Å². The van der Waals surface area contributed by atoms with E-state index in [4.69, 9.17) is 52.1 Å². The summed E-state index contributed by atoms with van der Waals surface area (Å²) in [4.78, 5) is 49.9. The van der Waals surface area contributed by atoms with Crippen LogP contribution in [0.4, 0.5) is 0 Å². The molecule has 6 aliphatic heterocycles. The Hall–Kier alpha value is -3.28. The van der Waals surface area contributed by atoms with Gasteiger partial charge < -0.3 is 165 Å². The summed E-state index contributed by atoms with van der Waals surface area (Å²) in [7, 11) is 0. The summed E-state index contributed by atoms with van der Waals surface area (Å²) in [5.41, 5.74) is 0. The van der Waals surface area contributed by atoms with Crippen LogP contribution >= 0.6 is 0 Å². The Kier molecular flexibility index (Phi) is 23.9. The molecule has 6 saturated heterocycles. The van der Waals surface area contributed by atoms with E-state index >= 15 is 0 Å². The van der Waals surface area contributed by atoms with Crippen LogP contribution in [0.15, 0.2) is 0 Å². The highest BCUT2D eigenvalue weighted by Crippen LogP contribution is 2.39. The number of carboxylic acids is 1. The zero-order chi connectivity index (χ0) is 61.0. The third-order valence-corrected chi connectivity index (χ3v) is 14.7. The molecule has 82 heavy (non-hydrogen) atoms. The second-order valence-electron chi connectivity index (χ2n) is 20.4. The maximum atomic E-state index is 12.9. The zero-order valence-corrected chi connectivity index (χ0v) is 43.9. The fourth-order valence-corrected chi connectivity index (χ4v) is 10.2. The lowest BCUT2D eigenvalue weighted by molar-refractivity contribution is -0.404. The first-order valence-electron chi connectivity index (χ1n) is 25.8. The quantitative estimate of drug-likeness (QED) is 0.0479. The number of carbonyl (C=O) groups is 4. The number of carboxylic acid groups (broad SMARTS) is 1. The molecule has 6 rings (SSSR count). The van der Waals surface area contributed by atoms with E-state index in [9.17, 15) is 116 Å². The number of nitrogens with one attached hydrogen (secondary N) is 3.